The molecule has 1 aliphatic heterocycles. The summed E-state index contributed by atoms with van der Waals surface area (Å²) in [7, 11) is 1.81. The second-order valence-corrected chi connectivity index (χ2v) is 7.05. The number of aromatic nitrogens is 4. The van der Waals surface area contributed by atoms with Crippen LogP contribution in [0.25, 0.3) is 16.4 Å². The van der Waals surface area contributed by atoms with Gasteiger partial charge in [-0.1, -0.05) is 6.07 Å². The van der Waals surface area contributed by atoms with Crippen LogP contribution in [0.15, 0.2) is 42.7 Å². The van der Waals surface area contributed by atoms with Crippen LogP contribution in [0.3, 0.4) is 0 Å². The van der Waals surface area contributed by atoms with Crippen molar-refractivity contribution >= 4 is 45.3 Å². The number of carbonyl (C=O) groups is 1. The van der Waals surface area contributed by atoms with Crippen LogP contribution < -0.4 is 21.3 Å². The standard InChI is InChI=1S/C20H20N8O/c1-11-9-23-18-14-7-13(4-3-12(14)5-6-22-18)26-17-8-15(21-2)19-24-10-16(20(29)25-11)28(19)27-17/h3-8,10-11,21H,9H2,1-2H3,(H,22,23)(H,25,29)(H,26,27)/t11-/m1/s1. The van der Waals surface area contributed by atoms with E-state index in [4.69, 9.17) is 0 Å². The lowest BCUT2D eigenvalue weighted by molar-refractivity contribution is 0.0935. The Kier molecular flexibility index (Phi) is 3.94. The van der Waals surface area contributed by atoms with Crippen molar-refractivity contribution in [3.8, 4) is 0 Å². The SMILES string of the molecule is CNc1cc2nn3c(cnc13)C(=O)N[C@H](C)CNc1nccc3ccc(cc13)N2. The number of hydrogen-bond acceptors (Lipinski definition) is 7. The zero-order valence-corrected chi connectivity index (χ0v) is 16.0. The highest BCUT2D eigenvalue weighted by atomic mass is 16.2. The lowest BCUT2D eigenvalue weighted by atomic mass is 10.1. The van der Waals surface area contributed by atoms with E-state index in [1.807, 2.05) is 44.3 Å². The van der Waals surface area contributed by atoms with Crippen molar-refractivity contribution in [1.82, 2.24) is 24.9 Å². The van der Waals surface area contributed by atoms with Gasteiger partial charge in [-0.3, -0.25) is 4.79 Å². The first-order chi connectivity index (χ1) is 14.1. The first kappa shape index (κ1) is 17.2. The van der Waals surface area contributed by atoms with Crippen LogP contribution in [-0.4, -0.2) is 45.1 Å². The number of imidazole rings is 1. The minimum atomic E-state index is -0.236. The van der Waals surface area contributed by atoms with Gasteiger partial charge in [-0.25, -0.2) is 14.5 Å². The van der Waals surface area contributed by atoms with Crippen LogP contribution in [0.1, 0.15) is 17.4 Å². The summed E-state index contributed by atoms with van der Waals surface area (Å²) >= 11 is 0. The third-order valence-corrected chi connectivity index (χ3v) is 4.96. The van der Waals surface area contributed by atoms with E-state index in [-0.39, 0.29) is 11.9 Å². The lowest BCUT2D eigenvalue weighted by Crippen LogP contribution is -2.38. The van der Waals surface area contributed by atoms with Crippen LogP contribution in [0.5, 0.6) is 0 Å². The van der Waals surface area contributed by atoms with Gasteiger partial charge in [-0.05, 0) is 30.5 Å². The van der Waals surface area contributed by atoms with Crippen LogP contribution in [0.4, 0.5) is 23.0 Å². The van der Waals surface area contributed by atoms with Crippen molar-refractivity contribution in [3.05, 3.63) is 48.4 Å². The summed E-state index contributed by atoms with van der Waals surface area (Å²) in [5.74, 6) is 1.13. The molecular weight excluding hydrogens is 368 g/mol. The summed E-state index contributed by atoms with van der Waals surface area (Å²) in [5, 5.41) is 19.5. The topological polar surface area (TPSA) is 108 Å². The van der Waals surface area contributed by atoms with Gasteiger partial charge in [-0.15, -0.1) is 5.10 Å². The zero-order chi connectivity index (χ0) is 20.0. The molecule has 4 aromatic rings. The molecule has 0 aliphatic carbocycles. The maximum Gasteiger partial charge on any atom is 0.271 e. The maximum absolute atomic E-state index is 12.8. The minimum absolute atomic E-state index is 0.124. The number of hydrogen-bond donors (Lipinski definition) is 4. The van der Waals surface area contributed by atoms with E-state index in [1.54, 1.807) is 10.7 Å². The first-order valence-electron chi connectivity index (χ1n) is 9.39. The summed E-state index contributed by atoms with van der Waals surface area (Å²) in [6.45, 7) is 2.47. The van der Waals surface area contributed by atoms with Gasteiger partial charge in [-0.2, -0.15) is 0 Å². The van der Waals surface area contributed by atoms with Gasteiger partial charge in [0.2, 0.25) is 0 Å². The predicted octanol–water partition coefficient (Wildman–Crippen LogP) is 2.61. The van der Waals surface area contributed by atoms with E-state index < -0.39 is 0 Å². The van der Waals surface area contributed by atoms with Crippen molar-refractivity contribution in [1.29, 1.82) is 0 Å². The van der Waals surface area contributed by atoms with Crippen molar-refractivity contribution in [2.45, 2.75) is 13.0 Å². The summed E-state index contributed by atoms with van der Waals surface area (Å²) in [6.07, 6.45) is 3.31. The van der Waals surface area contributed by atoms with Gasteiger partial charge in [0.25, 0.3) is 5.91 Å². The Labute approximate surface area is 166 Å². The van der Waals surface area contributed by atoms with Gasteiger partial charge < -0.3 is 21.3 Å². The highest BCUT2D eigenvalue weighted by Gasteiger charge is 2.19. The van der Waals surface area contributed by atoms with Crippen molar-refractivity contribution in [2.75, 3.05) is 29.5 Å². The quantitative estimate of drug-likeness (QED) is 0.397. The number of carbonyl (C=O) groups excluding carboxylic acids is 1. The Hall–Kier alpha value is -3.88. The molecule has 1 aliphatic rings. The van der Waals surface area contributed by atoms with Gasteiger partial charge in [0.05, 0.1) is 11.9 Å². The molecule has 29 heavy (non-hydrogen) atoms. The van der Waals surface area contributed by atoms with Gasteiger partial charge in [0.1, 0.15) is 5.82 Å². The number of benzene rings is 1. The van der Waals surface area contributed by atoms with Crippen molar-refractivity contribution in [3.63, 3.8) is 0 Å². The normalized spacial score (nSPS) is 16.3. The molecule has 0 saturated heterocycles. The Morgan fingerprint density at radius 2 is 2.10 bits per heavy atom. The Morgan fingerprint density at radius 3 is 2.97 bits per heavy atom. The molecule has 3 aromatic heterocycles. The molecule has 0 spiro atoms. The summed E-state index contributed by atoms with van der Waals surface area (Å²) < 4.78 is 1.56. The molecule has 4 heterocycles. The number of rotatable bonds is 1. The van der Waals surface area contributed by atoms with E-state index >= 15 is 0 Å². The zero-order valence-electron chi connectivity index (χ0n) is 16.0. The van der Waals surface area contributed by atoms with Crippen molar-refractivity contribution < 1.29 is 4.79 Å². The van der Waals surface area contributed by atoms with E-state index in [0.717, 1.165) is 28.0 Å². The molecule has 9 nitrogen and oxygen atoms in total. The Morgan fingerprint density at radius 1 is 1.21 bits per heavy atom. The largest absolute Gasteiger partial charge is 0.385 e. The van der Waals surface area contributed by atoms with Crippen LogP contribution in [0.2, 0.25) is 0 Å². The number of nitrogens with zero attached hydrogens (tertiary/aromatic N) is 4. The van der Waals surface area contributed by atoms with Gasteiger partial charge in [0, 0.05) is 43.0 Å². The van der Waals surface area contributed by atoms with E-state index in [9.17, 15) is 4.79 Å². The maximum atomic E-state index is 12.8. The molecule has 0 fully saturated rings. The smallest absolute Gasteiger partial charge is 0.271 e. The number of pyridine rings is 1. The monoisotopic (exact) mass is 388 g/mol. The van der Waals surface area contributed by atoms with Crippen molar-refractivity contribution in [2.24, 2.45) is 0 Å². The number of fused-ring (bicyclic) bond motifs is 2. The minimum Gasteiger partial charge on any atom is -0.385 e. The average Bonchev–Trinajstić information content (AvgIpc) is 3.15. The second-order valence-electron chi connectivity index (χ2n) is 7.05. The fourth-order valence-corrected chi connectivity index (χ4v) is 3.50. The number of nitrogens with one attached hydrogen (secondary N) is 4. The highest BCUT2D eigenvalue weighted by molar-refractivity contribution is 5.96. The fraction of sp³-hybridized carbons (Fsp3) is 0.200. The molecule has 1 amide bonds. The summed E-state index contributed by atoms with van der Waals surface area (Å²) in [5.41, 5.74) is 2.61. The van der Waals surface area contributed by atoms with Crippen LogP contribution in [-0.2, 0) is 0 Å². The number of anilines is 4. The van der Waals surface area contributed by atoms with Gasteiger partial charge in [0.15, 0.2) is 17.2 Å². The molecule has 4 N–H and O–H groups in total. The molecule has 5 rings (SSSR count). The van der Waals surface area contributed by atoms with E-state index in [1.165, 1.54) is 6.20 Å². The fourth-order valence-electron chi connectivity index (χ4n) is 3.50. The molecule has 0 unspecified atom stereocenters. The molecule has 1 aromatic carbocycles. The summed E-state index contributed by atoms with van der Waals surface area (Å²) in [4.78, 5) is 21.7. The van der Waals surface area contributed by atoms with E-state index in [2.05, 4.69) is 36.3 Å². The molecule has 0 radical (unpaired) electrons. The first-order valence-corrected chi connectivity index (χ1v) is 9.39. The molecule has 4 bridgehead atoms. The summed E-state index contributed by atoms with van der Waals surface area (Å²) in [6, 6.07) is 9.79. The Bertz CT molecular complexity index is 1250. The van der Waals surface area contributed by atoms with Crippen LogP contribution in [0, 0.1) is 0 Å². The molecule has 146 valence electrons. The predicted molar refractivity (Wildman–Crippen MR) is 113 cm³/mol. The second kappa shape index (κ2) is 6.62. The number of amides is 1. The molecule has 9 heteroatoms. The highest BCUT2D eigenvalue weighted by Crippen LogP contribution is 2.28. The Balaban J connectivity index is 1.71. The average molecular weight is 388 g/mol. The lowest BCUT2D eigenvalue weighted by Gasteiger charge is -2.17. The molecule has 0 saturated carbocycles. The van der Waals surface area contributed by atoms with Crippen LogP contribution >= 0.6 is 0 Å². The van der Waals surface area contributed by atoms with E-state index in [0.29, 0.717) is 23.7 Å². The molecular formula is C20H20N8O. The van der Waals surface area contributed by atoms with Gasteiger partial charge >= 0.3 is 0 Å². The third-order valence-electron chi connectivity index (χ3n) is 4.96. The third kappa shape index (κ3) is 2.96. The molecule has 1 atom stereocenters.